The second-order valence-electron chi connectivity index (χ2n) is 8.17. The van der Waals surface area contributed by atoms with Crippen molar-refractivity contribution in [3.63, 3.8) is 0 Å². The zero-order valence-electron chi connectivity index (χ0n) is 18.7. The van der Waals surface area contributed by atoms with Crippen molar-refractivity contribution in [2.45, 2.75) is 58.2 Å². The van der Waals surface area contributed by atoms with Crippen LogP contribution in [0.15, 0.2) is 29.3 Å². The lowest BCUT2D eigenvalue weighted by atomic mass is 10.1. The maximum Gasteiger partial charge on any atom is 0.222 e. The number of guanidine groups is 1. The quantitative estimate of drug-likeness (QED) is 0.254. The van der Waals surface area contributed by atoms with E-state index in [4.69, 9.17) is 9.73 Å². The molecule has 2 aliphatic heterocycles. The lowest BCUT2D eigenvalue weighted by molar-refractivity contribution is -0.130. The Morgan fingerprint density at radius 3 is 2.74 bits per heavy atom. The fourth-order valence-corrected chi connectivity index (χ4v) is 4.13. The SMILES string of the molecule is CCNC(=NCCCN1CCCCCC1=O)N1CC(C)OC(c2ccc(F)cc2)C1.I. The molecule has 174 valence electrons. The van der Waals surface area contributed by atoms with Crippen LogP contribution >= 0.6 is 24.0 Å². The molecule has 2 unspecified atom stereocenters. The van der Waals surface area contributed by atoms with E-state index in [2.05, 4.69) is 24.1 Å². The Balaban J connectivity index is 0.00000341. The number of morpholine rings is 1. The number of halogens is 2. The number of hydrogen-bond donors (Lipinski definition) is 1. The van der Waals surface area contributed by atoms with E-state index in [0.29, 0.717) is 19.5 Å². The second-order valence-corrected chi connectivity index (χ2v) is 8.17. The summed E-state index contributed by atoms with van der Waals surface area (Å²) in [7, 11) is 0. The number of nitrogens with one attached hydrogen (secondary N) is 1. The molecule has 2 saturated heterocycles. The zero-order valence-corrected chi connectivity index (χ0v) is 21.0. The topological polar surface area (TPSA) is 57.2 Å². The Morgan fingerprint density at radius 1 is 1.23 bits per heavy atom. The highest BCUT2D eigenvalue weighted by molar-refractivity contribution is 14.0. The maximum atomic E-state index is 13.3. The van der Waals surface area contributed by atoms with Gasteiger partial charge in [0.15, 0.2) is 5.96 Å². The summed E-state index contributed by atoms with van der Waals surface area (Å²) in [6.07, 6.45) is 4.75. The van der Waals surface area contributed by atoms with Gasteiger partial charge in [-0.05, 0) is 50.8 Å². The van der Waals surface area contributed by atoms with Gasteiger partial charge in [0, 0.05) is 39.1 Å². The van der Waals surface area contributed by atoms with Crippen LogP contribution in [0.4, 0.5) is 4.39 Å². The second kappa shape index (κ2) is 13.2. The Labute approximate surface area is 202 Å². The number of rotatable bonds is 6. The predicted molar refractivity (Wildman–Crippen MR) is 132 cm³/mol. The van der Waals surface area contributed by atoms with E-state index in [1.807, 2.05) is 4.90 Å². The fraction of sp³-hybridized carbons (Fsp3) is 0.652. The van der Waals surface area contributed by atoms with Crippen LogP contribution in [0, 0.1) is 5.82 Å². The molecular formula is C23H36FIN4O2. The first kappa shape index (κ1) is 25.8. The molecule has 2 fully saturated rings. The summed E-state index contributed by atoms with van der Waals surface area (Å²) < 4.78 is 19.4. The molecule has 0 bridgehead atoms. The van der Waals surface area contributed by atoms with Crippen molar-refractivity contribution in [1.82, 2.24) is 15.1 Å². The van der Waals surface area contributed by atoms with E-state index in [1.165, 1.54) is 12.1 Å². The van der Waals surface area contributed by atoms with Crippen molar-refractivity contribution in [2.24, 2.45) is 4.99 Å². The molecule has 8 heteroatoms. The zero-order chi connectivity index (χ0) is 21.3. The molecular weight excluding hydrogens is 510 g/mol. The maximum absolute atomic E-state index is 13.3. The number of likely N-dealkylation sites (tertiary alicyclic amines) is 1. The Bertz CT molecular complexity index is 716. The summed E-state index contributed by atoms with van der Waals surface area (Å²) in [5.41, 5.74) is 0.975. The van der Waals surface area contributed by atoms with Gasteiger partial charge >= 0.3 is 0 Å². The van der Waals surface area contributed by atoms with Crippen molar-refractivity contribution in [3.8, 4) is 0 Å². The van der Waals surface area contributed by atoms with Crippen molar-refractivity contribution in [2.75, 3.05) is 39.3 Å². The van der Waals surface area contributed by atoms with Crippen LogP contribution in [0.2, 0.25) is 0 Å². The highest BCUT2D eigenvalue weighted by Gasteiger charge is 2.28. The van der Waals surface area contributed by atoms with Crippen LogP contribution in [0.25, 0.3) is 0 Å². The molecule has 2 heterocycles. The van der Waals surface area contributed by atoms with E-state index in [0.717, 1.165) is 63.4 Å². The Morgan fingerprint density at radius 2 is 2.00 bits per heavy atom. The van der Waals surface area contributed by atoms with Gasteiger partial charge in [-0.25, -0.2) is 4.39 Å². The number of carbonyl (C=O) groups excluding carboxylic acids is 1. The van der Waals surface area contributed by atoms with Gasteiger partial charge in [0.2, 0.25) is 5.91 Å². The van der Waals surface area contributed by atoms with Crippen LogP contribution in [0.1, 0.15) is 57.6 Å². The van der Waals surface area contributed by atoms with Gasteiger partial charge in [-0.1, -0.05) is 18.6 Å². The fourth-order valence-electron chi connectivity index (χ4n) is 4.13. The summed E-state index contributed by atoms with van der Waals surface area (Å²) >= 11 is 0. The third kappa shape index (κ3) is 7.89. The molecule has 2 atom stereocenters. The molecule has 1 N–H and O–H groups in total. The predicted octanol–water partition coefficient (Wildman–Crippen LogP) is 3.96. The number of amides is 1. The average Bonchev–Trinajstić information content (AvgIpc) is 2.94. The first-order chi connectivity index (χ1) is 14.6. The molecule has 31 heavy (non-hydrogen) atoms. The lowest BCUT2D eigenvalue weighted by Gasteiger charge is -2.38. The number of aliphatic imine (C=N–C) groups is 1. The van der Waals surface area contributed by atoms with Gasteiger partial charge in [-0.15, -0.1) is 24.0 Å². The molecule has 1 aromatic carbocycles. The van der Waals surface area contributed by atoms with E-state index in [9.17, 15) is 9.18 Å². The van der Waals surface area contributed by atoms with Gasteiger partial charge < -0.3 is 19.9 Å². The summed E-state index contributed by atoms with van der Waals surface area (Å²) in [5.74, 6) is 0.923. The van der Waals surface area contributed by atoms with Gasteiger partial charge in [0.1, 0.15) is 11.9 Å². The van der Waals surface area contributed by atoms with Gasteiger partial charge in [-0.2, -0.15) is 0 Å². The van der Waals surface area contributed by atoms with Crippen LogP contribution in [0.5, 0.6) is 0 Å². The highest BCUT2D eigenvalue weighted by Crippen LogP contribution is 2.25. The first-order valence-electron chi connectivity index (χ1n) is 11.3. The highest BCUT2D eigenvalue weighted by atomic mass is 127. The molecule has 0 radical (unpaired) electrons. The summed E-state index contributed by atoms with van der Waals surface area (Å²) in [5, 5.41) is 3.39. The van der Waals surface area contributed by atoms with Crippen LogP contribution in [-0.4, -0.2) is 67.0 Å². The van der Waals surface area contributed by atoms with Gasteiger partial charge in [0.25, 0.3) is 0 Å². The monoisotopic (exact) mass is 546 g/mol. The minimum atomic E-state index is -0.239. The van der Waals surface area contributed by atoms with Crippen LogP contribution < -0.4 is 5.32 Å². The Kier molecular flexibility index (Phi) is 11.0. The third-order valence-electron chi connectivity index (χ3n) is 5.66. The molecule has 0 aliphatic carbocycles. The number of nitrogens with zero attached hydrogens (tertiary/aromatic N) is 3. The molecule has 6 nitrogen and oxygen atoms in total. The molecule has 0 aromatic heterocycles. The molecule has 3 rings (SSSR count). The number of carbonyl (C=O) groups is 1. The minimum Gasteiger partial charge on any atom is -0.367 e. The van der Waals surface area contributed by atoms with Gasteiger partial charge in [0.05, 0.1) is 12.6 Å². The first-order valence-corrected chi connectivity index (χ1v) is 11.3. The van der Waals surface area contributed by atoms with Crippen molar-refractivity contribution in [1.29, 1.82) is 0 Å². The summed E-state index contributed by atoms with van der Waals surface area (Å²) in [6, 6.07) is 6.54. The molecule has 0 spiro atoms. The third-order valence-corrected chi connectivity index (χ3v) is 5.66. The Hall–Kier alpha value is -1.42. The van der Waals surface area contributed by atoms with Gasteiger partial charge in [-0.3, -0.25) is 9.79 Å². The van der Waals surface area contributed by atoms with Crippen molar-refractivity contribution >= 4 is 35.8 Å². The number of ether oxygens (including phenoxy) is 1. The molecule has 0 saturated carbocycles. The smallest absolute Gasteiger partial charge is 0.222 e. The number of hydrogen-bond acceptors (Lipinski definition) is 3. The standard InChI is InChI=1S/C23H35FN4O2.HI/c1-3-25-23(26-13-7-15-27-14-6-4-5-8-22(27)29)28-16-18(2)30-21(17-28)19-9-11-20(24)12-10-19;/h9-12,18,21H,3-8,13-17H2,1-2H3,(H,25,26);1H. The van der Waals surface area contributed by atoms with E-state index >= 15 is 0 Å². The average molecular weight is 546 g/mol. The van der Waals surface area contributed by atoms with E-state index < -0.39 is 0 Å². The van der Waals surface area contributed by atoms with Crippen LogP contribution in [-0.2, 0) is 9.53 Å². The summed E-state index contributed by atoms with van der Waals surface area (Å²) in [6.45, 7) is 8.67. The van der Waals surface area contributed by atoms with E-state index in [1.54, 1.807) is 12.1 Å². The van der Waals surface area contributed by atoms with E-state index in [-0.39, 0.29) is 47.9 Å². The van der Waals surface area contributed by atoms with Crippen LogP contribution in [0.3, 0.4) is 0 Å². The largest absolute Gasteiger partial charge is 0.367 e. The molecule has 1 aromatic rings. The van der Waals surface area contributed by atoms with Crippen molar-refractivity contribution < 1.29 is 13.9 Å². The minimum absolute atomic E-state index is 0. The normalized spacial score (nSPS) is 22.7. The lowest BCUT2D eigenvalue weighted by Crippen LogP contribution is -2.50. The molecule has 2 aliphatic rings. The summed E-state index contributed by atoms with van der Waals surface area (Å²) in [4.78, 5) is 21.2. The van der Waals surface area contributed by atoms with Crippen molar-refractivity contribution in [3.05, 3.63) is 35.6 Å². The number of benzene rings is 1. The molecule has 1 amide bonds.